The zero-order valence-electron chi connectivity index (χ0n) is 11.7. The summed E-state index contributed by atoms with van der Waals surface area (Å²) in [6.07, 6.45) is 5.49. The molecule has 17 heavy (non-hydrogen) atoms. The topological polar surface area (TPSA) is 36.4 Å². The van der Waals surface area contributed by atoms with Gasteiger partial charge in [0.05, 0.1) is 0 Å². The zero-order valence-corrected chi connectivity index (χ0v) is 14.0. The van der Waals surface area contributed by atoms with Crippen LogP contribution in [0, 0.1) is 11.3 Å². The molecule has 0 heterocycles. The molecule has 0 spiro atoms. The third kappa shape index (κ3) is 5.44. The summed E-state index contributed by atoms with van der Waals surface area (Å²) < 4.78 is 0. The van der Waals surface area contributed by atoms with Gasteiger partial charge in [-0.3, -0.25) is 4.99 Å². The van der Waals surface area contributed by atoms with E-state index in [4.69, 9.17) is 0 Å². The quantitative estimate of drug-likeness (QED) is 0.453. The second-order valence-corrected chi connectivity index (χ2v) is 5.41. The minimum atomic E-state index is 0. The second-order valence-electron chi connectivity index (χ2n) is 5.41. The molecule has 0 amide bonds. The number of rotatable bonds is 5. The van der Waals surface area contributed by atoms with Crippen LogP contribution < -0.4 is 10.6 Å². The van der Waals surface area contributed by atoms with E-state index in [0.29, 0.717) is 5.41 Å². The summed E-state index contributed by atoms with van der Waals surface area (Å²) in [7, 11) is 1.83. The first kappa shape index (κ1) is 17.0. The molecule has 1 aliphatic carbocycles. The van der Waals surface area contributed by atoms with Crippen molar-refractivity contribution in [2.24, 2.45) is 16.3 Å². The lowest BCUT2D eigenvalue weighted by Gasteiger charge is -2.43. The third-order valence-corrected chi connectivity index (χ3v) is 3.45. The molecule has 0 aromatic heterocycles. The molecule has 102 valence electrons. The van der Waals surface area contributed by atoms with Gasteiger partial charge >= 0.3 is 0 Å². The molecule has 0 radical (unpaired) electrons. The lowest BCUT2D eigenvalue weighted by Crippen LogP contribution is -2.46. The normalized spacial score (nSPS) is 18.3. The van der Waals surface area contributed by atoms with E-state index in [1.165, 1.54) is 25.7 Å². The van der Waals surface area contributed by atoms with Gasteiger partial charge in [-0.2, -0.15) is 0 Å². The number of aliphatic imine (C=N–C) groups is 1. The molecule has 0 bridgehead atoms. The first-order valence-electron chi connectivity index (χ1n) is 6.56. The number of hydrogen-bond donors (Lipinski definition) is 2. The van der Waals surface area contributed by atoms with Crippen LogP contribution >= 0.6 is 24.0 Å². The molecule has 0 aromatic rings. The number of hydrogen-bond acceptors (Lipinski definition) is 1. The van der Waals surface area contributed by atoms with Crippen molar-refractivity contribution in [3.63, 3.8) is 0 Å². The third-order valence-electron chi connectivity index (χ3n) is 3.45. The number of nitrogens with zero attached hydrogens (tertiary/aromatic N) is 1. The monoisotopic (exact) mass is 353 g/mol. The van der Waals surface area contributed by atoms with E-state index in [1.54, 1.807) is 0 Å². The summed E-state index contributed by atoms with van der Waals surface area (Å²) >= 11 is 0. The molecule has 0 atom stereocenters. The minimum absolute atomic E-state index is 0. The van der Waals surface area contributed by atoms with Crippen molar-refractivity contribution in [1.29, 1.82) is 0 Å². The zero-order chi connectivity index (χ0) is 12.0. The van der Waals surface area contributed by atoms with E-state index < -0.39 is 0 Å². The lowest BCUT2D eigenvalue weighted by atomic mass is 9.64. The lowest BCUT2D eigenvalue weighted by molar-refractivity contribution is 0.104. The van der Waals surface area contributed by atoms with Crippen molar-refractivity contribution >= 4 is 29.9 Å². The Balaban J connectivity index is 0.00000256. The SMILES string of the molecule is CCNC(=NC)NCC1(CC(C)C)CCC1.I. The van der Waals surface area contributed by atoms with E-state index >= 15 is 0 Å². The molecule has 1 rings (SSSR count). The predicted octanol–water partition coefficient (Wildman–Crippen LogP) is 3.01. The maximum absolute atomic E-state index is 4.21. The molecule has 2 N–H and O–H groups in total. The Morgan fingerprint density at radius 2 is 1.94 bits per heavy atom. The molecule has 0 unspecified atom stereocenters. The van der Waals surface area contributed by atoms with Gasteiger partial charge in [-0.25, -0.2) is 0 Å². The Bertz CT molecular complexity index is 235. The van der Waals surface area contributed by atoms with Crippen LogP contribution in [0.25, 0.3) is 0 Å². The maximum atomic E-state index is 4.21. The highest BCUT2D eigenvalue weighted by atomic mass is 127. The van der Waals surface area contributed by atoms with Crippen LogP contribution in [0.3, 0.4) is 0 Å². The Morgan fingerprint density at radius 1 is 1.29 bits per heavy atom. The molecule has 0 aliphatic heterocycles. The van der Waals surface area contributed by atoms with Crippen molar-refractivity contribution in [3.8, 4) is 0 Å². The highest BCUT2D eigenvalue weighted by Gasteiger charge is 2.37. The van der Waals surface area contributed by atoms with Crippen LogP contribution in [0.15, 0.2) is 4.99 Å². The second kappa shape index (κ2) is 8.16. The number of halogens is 1. The largest absolute Gasteiger partial charge is 0.357 e. The van der Waals surface area contributed by atoms with Crippen LogP contribution in [0.1, 0.15) is 46.5 Å². The molecule has 0 aromatic carbocycles. The standard InChI is InChI=1S/C13H27N3.HI/c1-5-15-12(14-4)16-10-13(7-6-8-13)9-11(2)3;/h11H,5-10H2,1-4H3,(H2,14,15,16);1H. The summed E-state index contributed by atoms with van der Waals surface area (Å²) in [5, 5.41) is 6.70. The maximum Gasteiger partial charge on any atom is 0.190 e. The summed E-state index contributed by atoms with van der Waals surface area (Å²) in [6.45, 7) is 8.74. The van der Waals surface area contributed by atoms with Crippen molar-refractivity contribution in [3.05, 3.63) is 0 Å². The van der Waals surface area contributed by atoms with Crippen LogP contribution in [0.5, 0.6) is 0 Å². The summed E-state index contributed by atoms with van der Waals surface area (Å²) in [6, 6.07) is 0. The van der Waals surface area contributed by atoms with E-state index in [1.807, 2.05) is 7.05 Å². The van der Waals surface area contributed by atoms with Gasteiger partial charge < -0.3 is 10.6 Å². The minimum Gasteiger partial charge on any atom is -0.357 e. The summed E-state index contributed by atoms with van der Waals surface area (Å²) in [5.74, 6) is 1.74. The van der Waals surface area contributed by atoms with Gasteiger partial charge in [-0.15, -0.1) is 24.0 Å². The van der Waals surface area contributed by atoms with Crippen molar-refractivity contribution < 1.29 is 0 Å². The van der Waals surface area contributed by atoms with Gasteiger partial charge in [-0.05, 0) is 37.5 Å². The van der Waals surface area contributed by atoms with Gasteiger partial charge in [0, 0.05) is 20.1 Å². The fourth-order valence-corrected chi connectivity index (χ4v) is 2.66. The Hall–Kier alpha value is 0. The van der Waals surface area contributed by atoms with Gasteiger partial charge in [0.1, 0.15) is 0 Å². The Kier molecular flexibility index (Phi) is 8.16. The molecule has 4 heteroatoms. The fourth-order valence-electron chi connectivity index (χ4n) is 2.66. The van der Waals surface area contributed by atoms with Gasteiger partial charge in [-0.1, -0.05) is 20.3 Å². The van der Waals surface area contributed by atoms with Gasteiger partial charge in [0.2, 0.25) is 0 Å². The molecule has 1 aliphatic rings. The molecule has 3 nitrogen and oxygen atoms in total. The van der Waals surface area contributed by atoms with E-state index in [9.17, 15) is 0 Å². The van der Waals surface area contributed by atoms with E-state index in [-0.39, 0.29) is 24.0 Å². The highest BCUT2D eigenvalue weighted by Crippen LogP contribution is 2.45. The molecular weight excluding hydrogens is 325 g/mol. The first-order valence-corrected chi connectivity index (χ1v) is 6.56. The molecule has 1 fully saturated rings. The average molecular weight is 353 g/mol. The average Bonchev–Trinajstić information content (AvgIpc) is 2.19. The van der Waals surface area contributed by atoms with Crippen molar-refractivity contribution in [1.82, 2.24) is 10.6 Å². The van der Waals surface area contributed by atoms with E-state index in [2.05, 4.69) is 36.4 Å². The molecule has 1 saturated carbocycles. The first-order chi connectivity index (χ1) is 7.62. The van der Waals surface area contributed by atoms with Crippen LogP contribution in [0.4, 0.5) is 0 Å². The Morgan fingerprint density at radius 3 is 2.29 bits per heavy atom. The van der Waals surface area contributed by atoms with Crippen LogP contribution in [0.2, 0.25) is 0 Å². The Labute approximate surface area is 123 Å². The highest BCUT2D eigenvalue weighted by molar-refractivity contribution is 14.0. The van der Waals surface area contributed by atoms with E-state index in [0.717, 1.165) is 25.0 Å². The smallest absolute Gasteiger partial charge is 0.190 e. The van der Waals surface area contributed by atoms with Crippen molar-refractivity contribution in [2.75, 3.05) is 20.1 Å². The predicted molar refractivity (Wildman–Crippen MR) is 86.2 cm³/mol. The van der Waals surface area contributed by atoms with Gasteiger partial charge in [0.25, 0.3) is 0 Å². The summed E-state index contributed by atoms with van der Waals surface area (Å²) in [5.41, 5.74) is 0.541. The summed E-state index contributed by atoms with van der Waals surface area (Å²) in [4.78, 5) is 4.21. The van der Waals surface area contributed by atoms with Crippen molar-refractivity contribution in [2.45, 2.75) is 46.5 Å². The van der Waals surface area contributed by atoms with Crippen LogP contribution in [-0.2, 0) is 0 Å². The molecule has 0 saturated heterocycles. The van der Waals surface area contributed by atoms with Gasteiger partial charge in [0.15, 0.2) is 5.96 Å². The molecular formula is C13H28IN3. The number of nitrogens with one attached hydrogen (secondary N) is 2. The van der Waals surface area contributed by atoms with Crippen LogP contribution in [-0.4, -0.2) is 26.1 Å². The number of guanidine groups is 1. The fraction of sp³-hybridized carbons (Fsp3) is 0.923.